The molecule has 0 radical (unpaired) electrons. The highest BCUT2D eigenvalue weighted by atomic mass is 32.1. The van der Waals surface area contributed by atoms with Crippen molar-refractivity contribution < 1.29 is 14.6 Å². The van der Waals surface area contributed by atoms with Crippen molar-refractivity contribution in [3.63, 3.8) is 0 Å². The van der Waals surface area contributed by atoms with Gasteiger partial charge >= 0.3 is 0 Å². The number of benzene rings is 1. The molecule has 0 saturated carbocycles. The lowest BCUT2D eigenvalue weighted by molar-refractivity contribution is 0.122. The number of hydrogen-bond acceptors (Lipinski definition) is 4. The fourth-order valence-corrected chi connectivity index (χ4v) is 2.61. The van der Waals surface area contributed by atoms with Gasteiger partial charge < -0.3 is 14.6 Å². The largest absolute Gasteiger partial charge is 0.496 e. The third-order valence-electron chi connectivity index (χ3n) is 2.92. The van der Waals surface area contributed by atoms with Gasteiger partial charge in [-0.1, -0.05) is 17.9 Å². The summed E-state index contributed by atoms with van der Waals surface area (Å²) in [4.78, 5) is 1.32. The van der Waals surface area contributed by atoms with Gasteiger partial charge in [0.05, 0.1) is 20.3 Å². The molecule has 2 aromatic rings. The van der Waals surface area contributed by atoms with Gasteiger partial charge in [0.1, 0.15) is 12.4 Å². The fourth-order valence-electron chi connectivity index (χ4n) is 1.92. The van der Waals surface area contributed by atoms with Crippen LogP contribution in [-0.4, -0.2) is 25.4 Å². The Labute approximate surface area is 129 Å². The van der Waals surface area contributed by atoms with E-state index in [1.165, 1.54) is 4.88 Å². The van der Waals surface area contributed by atoms with Crippen LogP contribution in [-0.2, 0) is 17.8 Å². The predicted octanol–water partition coefficient (Wildman–Crippen LogP) is 2.86. The molecule has 0 spiro atoms. The first-order valence-electron chi connectivity index (χ1n) is 6.70. The lowest BCUT2D eigenvalue weighted by Crippen LogP contribution is -2.00. The van der Waals surface area contributed by atoms with Crippen molar-refractivity contribution in [2.24, 2.45) is 0 Å². The lowest BCUT2D eigenvalue weighted by atomic mass is 10.1. The Morgan fingerprint density at radius 3 is 2.90 bits per heavy atom. The highest BCUT2D eigenvalue weighted by molar-refractivity contribution is 7.09. The first-order chi connectivity index (χ1) is 10.3. The Balaban J connectivity index is 1.93. The van der Waals surface area contributed by atoms with Crippen LogP contribution in [0.2, 0.25) is 0 Å². The smallest absolute Gasteiger partial charge is 0.124 e. The van der Waals surface area contributed by atoms with E-state index in [4.69, 9.17) is 14.6 Å². The summed E-state index contributed by atoms with van der Waals surface area (Å²) in [6, 6.07) is 9.84. The number of aliphatic hydroxyl groups is 1. The number of hydrogen-bond donors (Lipinski definition) is 1. The topological polar surface area (TPSA) is 38.7 Å². The van der Waals surface area contributed by atoms with E-state index >= 15 is 0 Å². The summed E-state index contributed by atoms with van der Waals surface area (Å²) in [6.45, 7) is 1.03. The summed E-state index contributed by atoms with van der Waals surface area (Å²) >= 11 is 1.74. The summed E-state index contributed by atoms with van der Waals surface area (Å²) in [6.07, 6.45) is 0.921. The summed E-state index contributed by atoms with van der Waals surface area (Å²) in [5.74, 6) is 6.32. The maximum absolute atomic E-state index is 8.74. The second kappa shape index (κ2) is 8.48. The van der Waals surface area contributed by atoms with Crippen molar-refractivity contribution in [3.8, 4) is 17.6 Å². The minimum absolute atomic E-state index is 0.140. The molecule has 0 aliphatic rings. The average Bonchev–Trinajstić information content (AvgIpc) is 3.03. The molecule has 1 N–H and O–H groups in total. The summed E-state index contributed by atoms with van der Waals surface area (Å²) in [7, 11) is 1.64. The van der Waals surface area contributed by atoms with Gasteiger partial charge in [-0.15, -0.1) is 11.3 Å². The molecular weight excluding hydrogens is 284 g/mol. The number of methoxy groups -OCH3 is 1. The molecule has 1 heterocycles. The molecule has 0 aliphatic carbocycles. The molecule has 1 aromatic heterocycles. The van der Waals surface area contributed by atoms with E-state index in [0.717, 1.165) is 23.3 Å². The van der Waals surface area contributed by atoms with Gasteiger partial charge in [0.25, 0.3) is 0 Å². The first kappa shape index (κ1) is 15.6. The predicted molar refractivity (Wildman–Crippen MR) is 84.6 cm³/mol. The second-order valence-corrected chi connectivity index (χ2v) is 5.40. The molecule has 110 valence electrons. The number of rotatable bonds is 6. The minimum Gasteiger partial charge on any atom is -0.496 e. The quantitative estimate of drug-likeness (QED) is 0.659. The van der Waals surface area contributed by atoms with Gasteiger partial charge in [-0.3, -0.25) is 0 Å². The maximum Gasteiger partial charge on any atom is 0.124 e. The van der Waals surface area contributed by atoms with Crippen molar-refractivity contribution >= 4 is 11.3 Å². The summed E-state index contributed by atoms with van der Waals surface area (Å²) < 4.78 is 11.1. The molecule has 1 aromatic carbocycles. The minimum atomic E-state index is -0.140. The standard InChI is InChI=1S/C17H18O3S/c1-19-17-7-6-14(4-2-9-18)12-15(17)13-20-10-8-16-5-3-11-21-16/h3,5-7,11-12,18H,8-10,13H2,1H3. The van der Waals surface area contributed by atoms with Crippen LogP contribution in [0.25, 0.3) is 0 Å². The van der Waals surface area contributed by atoms with Crippen LogP contribution < -0.4 is 4.74 Å². The molecule has 0 aliphatic heterocycles. The van der Waals surface area contributed by atoms with Gasteiger partial charge in [0.15, 0.2) is 0 Å². The van der Waals surface area contributed by atoms with Gasteiger partial charge in [-0.2, -0.15) is 0 Å². The van der Waals surface area contributed by atoms with Crippen LogP contribution in [0.1, 0.15) is 16.0 Å². The fraction of sp³-hybridized carbons (Fsp3) is 0.294. The van der Waals surface area contributed by atoms with E-state index in [-0.39, 0.29) is 6.61 Å². The van der Waals surface area contributed by atoms with Crippen LogP contribution >= 0.6 is 11.3 Å². The third kappa shape index (κ3) is 4.91. The number of ether oxygens (including phenoxy) is 2. The molecule has 21 heavy (non-hydrogen) atoms. The zero-order valence-electron chi connectivity index (χ0n) is 12.0. The Bertz CT molecular complexity index is 609. The Morgan fingerprint density at radius 2 is 2.19 bits per heavy atom. The lowest BCUT2D eigenvalue weighted by Gasteiger charge is -2.09. The molecular formula is C17H18O3S. The maximum atomic E-state index is 8.74. The average molecular weight is 302 g/mol. The molecule has 0 atom stereocenters. The zero-order chi connectivity index (χ0) is 14.9. The summed E-state index contributed by atoms with van der Waals surface area (Å²) in [5, 5.41) is 10.8. The third-order valence-corrected chi connectivity index (χ3v) is 3.86. The molecule has 0 amide bonds. The van der Waals surface area contributed by atoms with E-state index in [1.807, 2.05) is 24.3 Å². The van der Waals surface area contributed by atoms with Crippen LogP contribution in [0.3, 0.4) is 0 Å². The van der Waals surface area contributed by atoms with Crippen molar-refractivity contribution in [1.29, 1.82) is 0 Å². The van der Waals surface area contributed by atoms with Crippen LogP contribution in [0.5, 0.6) is 5.75 Å². The van der Waals surface area contributed by atoms with Crippen LogP contribution in [0.15, 0.2) is 35.7 Å². The second-order valence-electron chi connectivity index (χ2n) is 4.37. The van der Waals surface area contributed by atoms with Crippen molar-refractivity contribution in [1.82, 2.24) is 0 Å². The zero-order valence-corrected chi connectivity index (χ0v) is 12.8. The Morgan fingerprint density at radius 1 is 1.29 bits per heavy atom. The molecule has 0 bridgehead atoms. The number of aliphatic hydroxyl groups excluding tert-OH is 1. The van der Waals surface area contributed by atoms with Gasteiger partial charge in [-0.05, 0) is 29.6 Å². The summed E-state index contributed by atoms with van der Waals surface area (Å²) in [5.41, 5.74) is 1.81. The highest BCUT2D eigenvalue weighted by Crippen LogP contribution is 2.20. The van der Waals surface area contributed by atoms with E-state index in [2.05, 4.69) is 23.3 Å². The normalized spacial score (nSPS) is 10.0. The van der Waals surface area contributed by atoms with E-state index in [1.54, 1.807) is 18.4 Å². The van der Waals surface area contributed by atoms with E-state index < -0.39 is 0 Å². The van der Waals surface area contributed by atoms with Gasteiger partial charge in [-0.25, -0.2) is 0 Å². The van der Waals surface area contributed by atoms with Crippen molar-refractivity contribution in [2.45, 2.75) is 13.0 Å². The highest BCUT2D eigenvalue weighted by Gasteiger charge is 2.04. The molecule has 3 nitrogen and oxygen atoms in total. The van der Waals surface area contributed by atoms with Crippen molar-refractivity contribution in [2.75, 3.05) is 20.3 Å². The monoisotopic (exact) mass is 302 g/mol. The molecule has 4 heteroatoms. The molecule has 0 saturated heterocycles. The van der Waals surface area contributed by atoms with E-state index in [9.17, 15) is 0 Å². The van der Waals surface area contributed by atoms with Crippen LogP contribution in [0, 0.1) is 11.8 Å². The molecule has 0 unspecified atom stereocenters. The van der Waals surface area contributed by atoms with Gasteiger partial charge in [0.2, 0.25) is 0 Å². The van der Waals surface area contributed by atoms with Gasteiger partial charge in [0, 0.05) is 22.4 Å². The van der Waals surface area contributed by atoms with E-state index in [0.29, 0.717) is 13.2 Å². The molecule has 2 rings (SSSR count). The molecule has 0 fully saturated rings. The Hall–Kier alpha value is -1.80. The SMILES string of the molecule is COc1ccc(C#CCO)cc1COCCc1cccs1. The number of thiophene rings is 1. The van der Waals surface area contributed by atoms with Crippen LogP contribution in [0.4, 0.5) is 0 Å². The Kier molecular flexibility index (Phi) is 6.29. The first-order valence-corrected chi connectivity index (χ1v) is 7.58. The van der Waals surface area contributed by atoms with Crippen molar-refractivity contribution in [3.05, 3.63) is 51.7 Å².